The normalized spacial score (nSPS) is 10.6. The summed E-state index contributed by atoms with van der Waals surface area (Å²) in [5.74, 6) is -1.12. The molecular weight excluding hydrogens is 302 g/mol. The predicted molar refractivity (Wildman–Crippen MR) is 98.6 cm³/mol. The Balaban J connectivity index is 2.25. The van der Waals surface area contributed by atoms with Gasteiger partial charge in [0.2, 0.25) is 5.91 Å². The number of nitrogens with one attached hydrogen (secondary N) is 1. The van der Waals surface area contributed by atoms with Gasteiger partial charge in [0.1, 0.15) is 0 Å². The molecule has 0 radical (unpaired) electrons. The van der Waals surface area contributed by atoms with Crippen LogP contribution in [0.1, 0.15) is 87.1 Å². The lowest BCUT2D eigenvalue weighted by Gasteiger charge is -2.11. The maximum absolute atomic E-state index is 12.0. The fourth-order valence-electron chi connectivity index (χ4n) is 2.81. The number of para-hydroxylation sites is 1. The first-order valence-corrected chi connectivity index (χ1v) is 9.19. The van der Waals surface area contributed by atoms with Crippen LogP contribution in [0.15, 0.2) is 18.2 Å². The first-order valence-electron chi connectivity index (χ1n) is 9.19. The second-order valence-corrected chi connectivity index (χ2v) is 6.43. The second kappa shape index (κ2) is 11.7. The van der Waals surface area contributed by atoms with E-state index < -0.39 is 5.97 Å². The number of carboxylic acid groups (broad SMARTS) is 1. The highest BCUT2D eigenvalue weighted by atomic mass is 16.4. The molecule has 0 saturated heterocycles. The third-order valence-electron chi connectivity index (χ3n) is 4.28. The Morgan fingerprint density at radius 3 is 2.12 bits per heavy atom. The van der Waals surface area contributed by atoms with E-state index in [0.29, 0.717) is 12.1 Å². The topological polar surface area (TPSA) is 66.4 Å². The molecule has 1 aromatic rings. The van der Waals surface area contributed by atoms with Crippen LogP contribution in [0.5, 0.6) is 0 Å². The zero-order valence-corrected chi connectivity index (χ0v) is 15.1. The number of amides is 1. The van der Waals surface area contributed by atoms with Crippen LogP contribution in [0.4, 0.5) is 5.69 Å². The standard InChI is InChI=1S/C20H31NO3/c1-3-4-5-6-7-8-9-10-11-15-18(22)21-19-16(2)13-12-14-17(19)20(23)24/h12-14H,3-11,15H2,1-2H3,(H,21,22)(H,23,24). The number of aromatic carboxylic acids is 1. The van der Waals surface area contributed by atoms with Crippen molar-refractivity contribution in [3.63, 3.8) is 0 Å². The number of rotatable bonds is 12. The summed E-state index contributed by atoms with van der Waals surface area (Å²) in [6.45, 7) is 4.03. The van der Waals surface area contributed by atoms with E-state index in [2.05, 4.69) is 12.2 Å². The van der Waals surface area contributed by atoms with Crippen LogP contribution in [0.25, 0.3) is 0 Å². The van der Waals surface area contributed by atoms with Gasteiger partial charge in [0.25, 0.3) is 0 Å². The molecule has 1 rings (SSSR count). The van der Waals surface area contributed by atoms with Gasteiger partial charge in [0.05, 0.1) is 11.3 Å². The zero-order chi connectivity index (χ0) is 17.8. The number of carbonyl (C=O) groups excluding carboxylic acids is 1. The minimum Gasteiger partial charge on any atom is -0.478 e. The largest absolute Gasteiger partial charge is 0.478 e. The van der Waals surface area contributed by atoms with E-state index in [-0.39, 0.29) is 11.5 Å². The quantitative estimate of drug-likeness (QED) is 0.493. The van der Waals surface area contributed by atoms with E-state index >= 15 is 0 Å². The van der Waals surface area contributed by atoms with Crippen molar-refractivity contribution in [2.75, 3.05) is 5.32 Å². The molecule has 1 aromatic carbocycles. The lowest BCUT2D eigenvalue weighted by molar-refractivity contribution is -0.116. The Kier molecular flexibility index (Phi) is 9.81. The average molecular weight is 333 g/mol. The van der Waals surface area contributed by atoms with Gasteiger partial charge in [-0.3, -0.25) is 4.79 Å². The summed E-state index contributed by atoms with van der Waals surface area (Å²) in [6, 6.07) is 5.01. The Labute approximate surface area is 145 Å². The molecule has 134 valence electrons. The molecule has 0 spiro atoms. The molecule has 0 aliphatic rings. The van der Waals surface area contributed by atoms with Gasteiger partial charge in [-0.15, -0.1) is 0 Å². The fourth-order valence-corrected chi connectivity index (χ4v) is 2.81. The van der Waals surface area contributed by atoms with E-state index in [1.54, 1.807) is 19.1 Å². The van der Waals surface area contributed by atoms with Crippen molar-refractivity contribution in [1.29, 1.82) is 0 Å². The number of unbranched alkanes of at least 4 members (excludes halogenated alkanes) is 8. The van der Waals surface area contributed by atoms with Crippen molar-refractivity contribution < 1.29 is 14.7 Å². The molecule has 0 aromatic heterocycles. The Bertz CT molecular complexity index is 526. The summed E-state index contributed by atoms with van der Waals surface area (Å²) in [6.07, 6.45) is 11.3. The number of aryl methyl sites for hydroxylation is 1. The fraction of sp³-hybridized carbons (Fsp3) is 0.600. The zero-order valence-electron chi connectivity index (χ0n) is 15.1. The molecule has 0 aliphatic heterocycles. The number of hydrogen-bond acceptors (Lipinski definition) is 2. The van der Waals surface area contributed by atoms with Gasteiger partial charge in [0, 0.05) is 6.42 Å². The predicted octanol–water partition coefficient (Wildman–Crippen LogP) is 5.55. The van der Waals surface area contributed by atoms with Gasteiger partial charge < -0.3 is 10.4 Å². The molecule has 24 heavy (non-hydrogen) atoms. The van der Waals surface area contributed by atoms with Gasteiger partial charge in [-0.05, 0) is 25.0 Å². The van der Waals surface area contributed by atoms with Crippen molar-refractivity contribution in [2.45, 2.75) is 78.1 Å². The van der Waals surface area contributed by atoms with E-state index in [4.69, 9.17) is 0 Å². The minimum atomic E-state index is -1.02. The van der Waals surface area contributed by atoms with Gasteiger partial charge in [-0.2, -0.15) is 0 Å². The van der Waals surface area contributed by atoms with Crippen LogP contribution >= 0.6 is 0 Å². The summed E-state index contributed by atoms with van der Waals surface area (Å²) in [5, 5.41) is 12.0. The molecule has 0 heterocycles. The third kappa shape index (κ3) is 7.62. The minimum absolute atomic E-state index is 0.102. The van der Waals surface area contributed by atoms with Crippen LogP contribution < -0.4 is 5.32 Å². The van der Waals surface area contributed by atoms with Crippen LogP contribution in [0.3, 0.4) is 0 Å². The molecule has 4 nitrogen and oxygen atoms in total. The van der Waals surface area contributed by atoms with Crippen molar-refractivity contribution in [3.05, 3.63) is 29.3 Å². The van der Waals surface area contributed by atoms with Crippen LogP contribution in [-0.4, -0.2) is 17.0 Å². The van der Waals surface area contributed by atoms with Gasteiger partial charge >= 0.3 is 5.97 Å². The number of carboxylic acids is 1. The lowest BCUT2D eigenvalue weighted by atomic mass is 10.1. The molecule has 1 amide bonds. The highest BCUT2D eigenvalue weighted by Crippen LogP contribution is 2.21. The van der Waals surface area contributed by atoms with Crippen LogP contribution in [0.2, 0.25) is 0 Å². The van der Waals surface area contributed by atoms with Gasteiger partial charge in [-0.1, -0.05) is 70.4 Å². The van der Waals surface area contributed by atoms with E-state index in [9.17, 15) is 14.7 Å². The highest BCUT2D eigenvalue weighted by molar-refractivity contribution is 6.01. The third-order valence-corrected chi connectivity index (χ3v) is 4.28. The molecular formula is C20H31NO3. The molecule has 0 bridgehead atoms. The number of carbonyl (C=O) groups is 2. The number of anilines is 1. The molecule has 0 fully saturated rings. The Morgan fingerprint density at radius 2 is 1.54 bits per heavy atom. The monoisotopic (exact) mass is 333 g/mol. The van der Waals surface area contributed by atoms with E-state index in [1.807, 2.05) is 0 Å². The SMILES string of the molecule is CCCCCCCCCCCC(=O)Nc1c(C)cccc1C(=O)O. The maximum Gasteiger partial charge on any atom is 0.337 e. The van der Waals surface area contributed by atoms with E-state index in [1.165, 1.54) is 51.0 Å². The van der Waals surface area contributed by atoms with Crippen molar-refractivity contribution in [2.24, 2.45) is 0 Å². The second-order valence-electron chi connectivity index (χ2n) is 6.43. The molecule has 2 N–H and O–H groups in total. The summed E-state index contributed by atoms with van der Waals surface area (Å²) >= 11 is 0. The molecule has 0 unspecified atom stereocenters. The summed E-state index contributed by atoms with van der Waals surface area (Å²) in [4.78, 5) is 23.3. The number of hydrogen-bond donors (Lipinski definition) is 2. The number of benzene rings is 1. The first kappa shape index (κ1) is 20.2. The molecule has 4 heteroatoms. The van der Waals surface area contributed by atoms with Crippen molar-refractivity contribution >= 4 is 17.6 Å². The summed E-state index contributed by atoms with van der Waals surface area (Å²) in [7, 11) is 0. The molecule has 0 atom stereocenters. The van der Waals surface area contributed by atoms with Gasteiger partial charge in [0.15, 0.2) is 0 Å². The highest BCUT2D eigenvalue weighted by Gasteiger charge is 2.14. The summed E-state index contributed by atoms with van der Waals surface area (Å²) in [5.41, 5.74) is 1.34. The maximum atomic E-state index is 12.0. The Morgan fingerprint density at radius 1 is 0.958 bits per heavy atom. The van der Waals surface area contributed by atoms with Crippen LogP contribution in [-0.2, 0) is 4.79 Å². The first-order chi connectivity index (χ1) is 11.6. The lowest BCUT2D eigenvalue weighted by Crippen LogP contribution is -2.15. The van der Waals surface area contributed by atoms with E-state index in [0.717, 1.165) is 18.4 Å². The molecule has 0 saturated carbocycles. The molecule has 0 aliphatic carbocycles. The van der Waals surface area contributed by atoms with Crippen molar-refractivity contribution in [1.82, 2.24) is 0 Å². The Hall–Kier alpha value is -1.84. The average Bonchev–Trinajstić information content (AvgIpc) is 2.55. The van der Waals surface area contributed by atoms with Crippen molar-refractivity contribution in [3.8, 4) is 0 Å². The van der Waals surface area contributed by atoms with Gasteiger partial charge in [-0.25, -0.2) is 4.79 Å². The smallest absolute Gasteiger partial charge is 0.337 e. The van der Waals surface area contributed by atoms with Crippen LogP contribution in [0, 0.1) is 6.92 Å². The summed E-state index contributed by atoms with van der Waals surface area (Å²) < 4.78 is 0.